The fourth-order valence-electron chi connectivity index (χ4n) is 2.01. The third kappa shape index (κ3) is 5.76. The molecule has 0 bridgehead atoms. The predicted molar refractivity (Wildman–Crippen MR) is 94.3 cm³/mol. The molecule has 0 heterocycles. The Morgan fingerprint density at radius 3 is 2.31 bits per heavy atom. The van der Waals surface area contributed by atoms with Crippen molar-refractivity contribution in [1.29, 1.82) is 0 Å². The number of rotatable bonds is 5. The van der Waals surface area contributed by atoms with E-state index in [9.17, 15) is 34.8 Å². The van der Waals surface area contributed by atoms with Crippen molar-refractivity contribution >= 4 is 33.0 Å². The van der Waals surface area contributed by atoms with Crippen LogP contribution in [0.1, 0.15) is 18.1 Å². The van der Waals surface area contributed by atoms with Gasteiger partial charge in [0.25, 0.3) is 0 Å². The standard InChI is InChI=1S/C16H11ClF6N2O3S/c1-9(24-28-12-4-2-3-10(7-12)15(18,19)20)13-8-11(17)5-6-14(13)25-29(26,27)16(21,22)23/h2-8,25H,1H3. The number of sulfonamides is 1. The summed E-state index contributed by atoms with van der Waals surface area (Å²) in [5.41, 5.74) is -7.38. The number of benzene rings is 2. The minimum atomic E-state index is -5.72. The first-order valence-electron chi connectivity index (χ1n) is 7.48. The van der Waals surface area contributed by atoms with Crippen molar-refractivity contribution in [2.75, 3.05) is 4.72 Å². The zero-order chi connectivity index (χ0) is 22.0. The van der Waals surface area contributed by atoms with Crippen LogP contribution in [0.15, 0.2) is 47.6 Å². The van der Waals surface area contributed by atoms with E-state index in [4.69, 9.17) is 16.4 Å². The number of oxime groups is 1. The molecule has 0 saturated heterocycles. The Kier molecular flexibility index (Phi) is 6.38. The second-order valence-corrected chi connectivity index (χ2v) is 7.65. The van der Waals surface area contributed by atoms with Gasteiger partial charge >= 0.3 is 21.7 Å². The summed E-state index contributed by atoms with van der Waals surface area (Å²) < 4.78 is 100. The number of anilines is 1. The monoisotopic (exact) mass is 460 g/mol. The highest BCUT2D eigenvalue weighted by molar-refractivity contribution is 7.93. The van der Waals surface area contributed by atoms with E-state index < -0.39 is 33.0 Å². The molecule has 0 atom stereocenters. The smallest absolute Gasteiger partial charge is 0.357 e. The molecule has 1 N–H and O–H groups in total. The van der Waals surface area contributed by atoms with Gasteiger partial charge in [-0.05, 0) is 43.3 Å². The first kappa shape index (κ1) is 22.8. The van der Waals surface area contributed by atoms with E-state index in [0.29, 0.717) is 6.07 Å². The zero-order valence-corrected chi connectivity index (χ0v) is 15.8. The molecule has 158 valence electrons. The predicted octanol–water partition coefficient (Wildman–Crippen LogP) is 5.42. The Balaban J connectivity index is 2.36. The highest BCUT2D eigenvalue weighted by Gasteiger charge is 2.46. The lowest BCUT2D eigenvalue weighted by molar-refractivity contribution is -0.137. The van der Waals surface area contributed by atoms with Crippen LogP contribution in [0.4, 0.5) is 32.0 Å². The molecule has 0 aromatic heterocycles. The fourth-order valence-corrected chi connectivity index (χ4v) is 2.76. The summed E-state index contributed by atoms with van der Waals surface area (Å²) in [6.45, 7) is 1.24. The summed E-state index contributed by atoms with van der Waals surface area (Å²) in [7, 11) is -5.72. The van der Waals surface area contributed by atoms with Crippen LogP contribution in [0, 0.1) is 0 Å². The summed E-state index contributed by atoms with van der Waals surface area (Å²) in [6, 6.07) is 6.96. The Labute approximate surface area is 166 Å². The molecular weight excluding hydrogens is 450 g/mol. The minimum absolute atomic E-state index is 0.0450. The van der Waals surface area contributed by atoms with Gasteiger partial charge in [0.1, 0.15) is 0 Å². The van der Waals surface area contributed by atoms with Gasteiger partial charge in [-0.3, -0.25) is 4.72 Å². The second kappa shape index (κ2) is 8.11. The lowest BCUT2D eigenvalue weighted by Gasteiger charge is -2.14. The third-order valence-electron chi connectivity index (χ3n) is 3.37. The van der Waals surface area contributed by atoms with Crippen LogP contribution in [0.25, 0.3) is 0 Å². The largest absolute Gasteiger partial charge is 0.516 e. The molecule has 2 rings (SSSR count). The van der Waals surface area contributed by atoms with Gasteiger partial charge in [-0.2, -0.15) is 34.8 Å². The minimum Gasteiger partial charge on any atom is -0.357 e. The van der Waals surface area contributed by atoms with Gasteiger partial charge in [0.2, 0.25) is 0 Å². The molecule has 13 heteroatoms. The molecule has 2 aromatic rings. The quantitative estimate of drug-likeness (QED) is 0.368. The van der Waals surface area contributed by atoms with Crippen molar-refractivity contribution in [1.82, 2.24) is 0 Å². The SMILES string of the molecule is CC(=NOc1cccc(C(F)(F)F)c1)c1cc(Cl)ccc1NS(=O)(=O)C(F)(F)F. The van der Waals surface area contributed by atoms with Crippen molar-refractivity contribution in [2.24, 2.45) is 5.16 Å². The highest BCUT2D eigenvalue weighted by atomic mass is 35.5. The highest BCUT2D eigenvalue weighted by Crippen LogP contribution is 2.32. The number of halogens is 7. The molecule has 0 fully saturated rings. The van der Waals surface area contributed by atoms with Gasteiger partial charge in [0.05, 0.1) is 17.0 Å². The van der Waals surface area contributed by atoms with E-state index in [1.54, 1.807) is 0 Å². The number of hydrogen-bond acceptors (Lipinski definition) is 4. The fraction of sp³-hybridized carbons (Fsp3) is 0.188. The summed E-state index contributed by atoms with van der Waals surface area (Å²) in [6.07, 6.45) is -4.62. The van der Waals surface area contributed by atoms with Crippen LogP contribution >= 0.6 is 11.6 Å². The molecule has 5 nitrogen and oxygen atoms in total. The number of alkyl halides is 6. The van der Waals surface area contributed by atoms with Crippen LogP contribution in [0.5, 0.6) is 5.75 Å². The van der Waals surface area contributed by atoms with Crippen LogP contribution in [-0.2, 0) is 16.2 Å². The molecule has 0 aliphatic carbocycles. The maximum absolute atomic E-state index is 12.7. The van der Waals surface area contributed by atoms with E-state index in [2.05, 4.69) is 5.16 Å². The van der Waals surface area contributed by atoms with Gasteiger partial charge in [0, 0.05) is 10.6 Å². The molecule has 0 amide bonds. The lowest BCUT2D eigenvalue weighted by atomic mass is 10.1. The van der Waals surface area contributed by atoms with Gasteiger partial charge in [-0.1, -0.05) is 22.8 Å². The van der Waals surface area contributed by atoms with Crippen LogP contribution < -0.4 is 9.56 Å². The Hall–Kier alpha value is -2.47. The second-order valence-electron chi connectivity index (χ2n) is 5.53. The van der Waals surface area contributed by atoms with Crippen LogP contribution in [0.3, 0.4) is 0 Å². The molecule has 2 aromatic carbocycles. The van der Waals surface area contributed by atoms with Crippen molar-refractivity contribution in [2.45, 2.75) is 18.6 Å². The van der Waals surface area contributed by atoms with Gasteiger partial charge in [-0.15, -0.1) is 0 Å². The van der Waals surface area contributed by atoms with E-state index in [1.165, 1.54) is 17.7 Å². The summed E-state index contributed by atoms with van der Waals surface area (Å²) in [5, 5.41) is 3.60. The molecule has 0 saturated carbocycles. The van der Waals surface area contributed by atoms with Crippen LogP contribution in [0.2, 0.25) is 5.02 Å². The third-order valence-corrected chi connectivity index (χ3v) is 4.70. The van der Waals surface area contributed by atoms with E-state index in [0.717, 1.165) is 30.3 Å². The van der Waals surface area contributed by atoms with Crippen molar-refractivity contribution in [3.63, 3.8) is 0 Å². The molecule has 0 spiro atoms. The van der Waals surface area contributed by atoms with Gasteiger partial charge < -0.3 is 4.84 Å². The molecule has 0 aliphatic heterocycles. The number of hydrogen-bond donors (Lipinski definition) is 1. The topological polar surface area (TPSA) is 67.8 Å². The van der Waals surface area contributed by atoms with Gasteiger partial charge in [-0.25, -0.2) is 0 Å². The Morgan fingerprint density at radius 1 is 1.07 bits per heavy atom. The normalized spacial score (nSPS) is 13.3. The van der Waals surface area contributed by atoms with Crippen LogP contribution in [-0.4, -0.2) is 19.6 Å². The zero-order valence-electron chi connectivity index (χ0n) is 14.3. The van der Waals surface area contributed by atoms with E-state index >= 15 is 0 Å². The Bertz CT molecular complexity index is 1040. The number of nitrogens with zero attached hydrogens (tertiary/aromatic N) is 1. The van der Waals surface area contributed by atoms with Crippen molar-refractivity contribution in [3.8, 4) is 5.75 Å². The molecular formula is C16H11ClF6N2O3S. The maximum atomic E-state index is 12.7. The van der Waals surface area contributed by atoms with E-state index in [-0.39, 0.29) is 22.0 Å². The number of nitrogens with one attached hydrogen (secondary N) is 1. The van der Waals surface area contributed by atoms with Crippen molar-refractivity contribution < 1.29 is 39.6 Å². The summed E-state index contributed by atoms with van der Waals surface area (Å²) >= 11 is 5.79. The van der Waals surface area contributed by atoms with E-state index in [1.807, 2.05) is 0 Å². The molecule has 29 heavy (non-hydrogen) atoms. The molecule has 0 aliphatic rings. The maximum Gasteiger partial charge on any atom is 0.516 e. The summed E-state index contributed by atoms with van der Waals surface area (Å²) in [4.78, 5) is 4.90. The average Bonchev–Trinajstić information content (AvgIpc) is 2.59. The average molecular weight is 461 g/mol. The Morgan fingerprint density at radius 2 is 1.72 bits per heavy atom. The molecule has 0 radical (unpaired) electrons. The first-order valence-corrected chi connectivity index (χ1v) is 9.35. The molecule has 0 unspecified atom stereocenters. The lowest BCUT2D eigenvalue weighted by Crippen LogP contribution is -2.30. The van der Waals surface area contributed by atoms with Crippen molar-refractivity contribution in [3.05, 3.63) is 58.6 Å². The first-order chi connectivity index (χ1) is 13.2. The van der Waals surface area contributed by atoms with Gasteiger partial charge in [0.15, 0.2) is 5.75 Å². The summed E-state index contributed by atoms with van der Waals surface area (Å²) in [5.74, 6) is -0.293.